The van der Waals surface area contributed by atoms with Crippen molar-refractivity contribution in [2.75, 3.05) is 32.4 Å². The van der Waals surface area contributed by atoms with Gasteiger partial charge in [0.25, 0.3) is 0 Å². The molecule has 7 nitrogen and oxygen atoms in total. The highest BCUT2D eigenvalue weighted by atomic mass is 127. The van der Waals surface area contributed by atoms with Crippen LogP contribution in [0.3, 0.4) is 0 Å². The van der Waals surface area contributed by atoms with Crippen LogP contribution in [0.4, 0.5) is 4.39 Å². The summed E-state index contributed by atoms with van der Waals surface area (Å²) >= 11 is 0. The third kappa shape index (κ3) is 11.9. The van der Waals surface area contributed by atoms with Crippen LogP contribution >= 0.6 is 24.0 Å². The van der Waals surface area contributed by atoms with E-state index in [0.29, 0.717) is 31.3 Å². The minimum Gasteiger partial charge on any atom is -0.489 e. The average Bonchev–Trinajstić information content (AvgIpc) is 2.50. The van der Waals surface area contributed by atoms with Crippen LogP contribution in [0.1, 0.15) is 13.8 Å². The number of hydrogen-bond donors (Lipinski definition) is 3. The van der Waals surface area contributed by atoms with E-state index in [1.54, 1.807) is 12.1 Å². The molecule has 0 fully saturated rings. The molecule has 0 heterocycles. The number of guanidine groups is 1. The van der Waals surface area contributed by atoms with Crippen molar-refractivity contribution in [1.29, 1.82) is 0 Å². The Morgan fingerprint density at radius 3 is 2.44 bits per heavy atom. The van der Waals surface area contributed by atoms with Crippen molar-refractivity contribution in [2.45, 2.75) is 20.0 Å². The van der Waals surface area contributed by atoms with E-state index < -0.39 is 10.0 Å². The van der Waals surface area contributed by atoms with Gasteiger partial charge in [0.05, 0.1) is 12.8 Å². The van der Waals surface area contributed by atoms with E-state index in [-0.39, 0.29) is 42.4 Å². The minimum atomic E-state index is -3.19. The first-order valence-electron chi connectivity index (χ1n) is 7.69. The second kappa shape index (κ2) is 12.3. The topological polar surface area (TPSA) is 91.8 Å². The van der Waals surface area contributed by atoms with Crippen molar-refractivity contribution >= 4 is 40.0 Å². The second-order valence-electron chi connectivity index (χ2n) is 5.20. The van der Waals surface area contributed by atoms with Gasteiger partial charge in [0, 0.05) is 19.6 Å². The molecule has 1 rings (SSSR count). The number of nitrogens with zero attached hydrogens (tertiary/aromatic N) is 1. The standard InChI is InChI=1S/C15H25FN4O3S.HI/c1-4-17-15(18-9-10-20-24(3,21)22)19-11-12(2)23-14-7-5-13(16)6-8-14;/h5-8,12,20H,4,9-11H2,1-3H3,(H2,17,18,19);1H. The Bertz CT molecular complexity index is 626. The fraction of sp³-hybridized carbons (Fsp3) is 0.533. The van der Waals surface area contributed by atoms with Gasteiger partial charge in [-0.2, -0.15) is 0 Å². The fourth-order valence-corrected chi connectivity index (χ4v) is 2.23. The summed E-state index contributed by atoms with van der Waals surface area (Å²) in [6.45, 7) is 5.55. The lowest BCUT2D eigenvalue weighted by Crippen LogP contribution is -2.41. The van der Waals surface area contributed by atoms with Gasteiger partial charge in [-0.15, -0.1) is 24.0 Å². The van der Waals surface area contributed by atoms with Crippen molar-refractivity contribution in [3.8, 4) is 5.75 Å². The molecule has 0 radical (unpaired) electrons. The van der Waals surface area contributed by atoms with Crippen LogP contribution in [-0.4, -0.2) is 52.9 Å². The largest absolute Gasteiger partial charge is 0.489 e. The number of hydrogen-bond acceptors (Lipinski definition) is 4. The molecular formula is C15H26FIN4O3S. The summed E-state index contributed by atoms with van der Waals surface area (Å²) in [5.41, 5.74) is 0. The summed E-state index contributed by atoms with van der Waals surface area (Å²) in [6, 6.07) is 5.81. The highest BCUT2D eigenvalue weighted by Crippen LogP contribution is 2.12. The smallest absolute Gasteiger partial charge is 0.208 e. The van der Waals surface area contributed by atoms with Crippen molar-refractivity contribution in [3.05, 3.63) is 30.1 Å². The van der Waals surface area contributed by atoms with Crippen molar-refractivity contribution in [1.82, 2.24) is 15.4 Å². The van der Waals surface area contributed by atoms with Crippen LogP contribution in [0.25, 0.3) is 0 Å². The van der Waals surface area contributed by atoms with E-state index >= 15 is 0 Å². The van der Waals surface area contributed by atoms with Crippen LogP contribution in [0.2, 0.25) is 0 Å². The molecule has 0 saturated carbocycles. The first-order valence-corrected chi connectivity index (χ1v) is 9.58. The number of nitrogens with one attached hydrogen (secondary N) is 3. The lowest BCUT2D eigenvalue weighted by molar-refractivity contribution is 0.230. The van der Waals surface area contributed by atoms with E-state index in [0.717, 1.165) is 6.26 Å². The monoisotopic (exact) mass is 488 g/mol. The van der Waals surface area contributed by atoms with Crippen molar-refractivity contribution in [3.63, 3.8) is 0 Å². The number of ether oxygens (including phenoxy) is 1. The van der Waals surface area contributed by atoms with E-state index in [2.05, 4.69) is 20.3 Å². The Balaban J connectivity index is 0.00000576. The van der Waals surface area contributed by atoms with Gasteiger partial charge in [0.15, 0.2) is 5.96 Å². The predicted octanol–water partition coefficient (Wildman–Crippen LogP) is 1.32. The van der Waals surface area contributed by atoms with Gasteiger partial charge in [0.1, 0.15) is 17.7 Å². The van der Waals surface area contributed by atoms with Crippen LogP contribution in [0, 0.1) is 5.82 Å². The first-order chi connectivity index (χ1) is 11.3. The van der Waals surface area contributed by atoms with Crippen LogP contribution in [0.15, 0.2) is 29.3 Å². The first kappa shape index (κ1) is 23.9. The molecule has 0 saturated heterocycles. The Hall–Kier alpha value is -1.14. The van der Waals surface area contributed by atoms with E-state index in [1.807, 2.05) is 13.8 Å². The molecule has 1 aromatic rings. The second-order valence-corrected chi connectivity index (χ2v) is 7.03. The molecule has 0 spiro atoms. The molecule has 25 heavy (non-hydrogen) atoms. The molecule has 0 bridgehead atoms. The van der Waals surface area contributed by atoms with Gasteiger partial charge in [0.2, 0.25) is 10.0 Å². The number of benzene rings is 1. The molecule has 1 atom stereocenters. The summed E-state index contributed by atoms with van der Waals surface area (Å²) in [7, 11) is -3.19. The Morgan fingerprint density at radius 1 is 1.24 bits per heavy atom. The summed E-state index contributed by atoms with van der Waals surface area (Å²) in [4.78, 5) is 4.38. The van der Waals surface area contributed by atoms with Crippen molar-refractivity contribution < 1.29 is 17.5 Å². The van der Waals surface area contributed by atoms with E-state index in [4.69, 9.17) is 4.74 Å². The van der Waals surface area contributed by atoms with Gasteiger partial charge in [-0.1, -0.05) is 0 Å². The predicted molar refractivity (Wildman–Crippen MR) is 109 cm³/mol. The normalized spacial score (nSPS) is 12.9. The minimum absolute atomic E-state index is 0. The molecule has 0 aliphatic carbocycles. The van der Waals surface area contributed by atoms with Crippen LogP contribution in [-0.2, 0) is 10.0 Å². The Morgan fingerprint density at radius 2 is 1.88 bits per heavy atom. The third-order valence-corrected chi connectivity index (χ3v) is 3.51. The van der Waals surface area contributed by atoms with Crippen LogP contribution in [0.5, 0.6) is 5.75 Å². The SMILES string of the molecule is CCNC(=NCC(C)Oc1ccc(F)cc1)NCCNS(C)(=O)=O.I. The Kier molecular flexibility index (Phi) is 11.7. The Labute approximate surface area is 165 Å². The number of rotatable bonds is 9. The van der Waals surface area contributed by atoms with Gasteiger partial charge in [-0.05, 0) is 38.1 Å². The molecular weight excluding hydrogens is 462 g/mol. The molecule has 144 valence electrons. The lowest BCUT2D eigenvalue weighted by atomic mass is 10.3. The lowest BCUT2D eigenvalue weighted by Gasteiger charge is -2.15. The zero-order valence-electron chi connectivity index (χ0n) is 14.6. The maximum absolute atomic E-state index is 12.8. The number of aliphatic imine (C=N–C) groups is 1. The molecule has 10 heteroatoms. The quantitative estimate of drug-likeness (QED) is 0.211. The number of halogens is 2. The molecule has 1 aromatic carbocycles. The highest BCUT2D eigenvalue weighted by molar-refractivity contribution is 14.0. The van der Waals surface area contributed by atoms with Crippen LogP contribution < -0.4 is 20.1 Å². The summed E-state index contributed by atoms with van der Waals surface area (Å²) in [5, 5.41) is 6.09. The number of sulfonamides is 1. The zero-order valence-corrected chi connectivity index (χ0v) is 17.7. The molecule has 0 amide bonds. The molecule has 3 N–H and O–H groups in total. The van der Waals surface area contributed by atoms with E-state index in [9.17, 15) is 12.8 Å². The summed E-state index contributed by atoms with van der Waals surface area (Å²) in [6.07, 6.45) is 0.917. The van der Waals surface area contributed by atoms with Gasteiger partial charge < -0.3 is 15.4 Å². The average molecular weight is 488 g/mol. The molecule has 0 aliphatic rings. The van der Waals surface area contributed by atoms with Gasteiger partial charge in [-0.25, -0.2) is 22.5 Å². The highest BCUT2D eigenvalue weighted by Gasteiger charge is 2.05. The molecule has 0 aromatic heterocycles. The fourth-order valence-electron chi connectivity index (χ4n) is 1.76. The van der Waals surface area contributed by atoms with Crippen molar-refractivity contribution in [2.24, 2.45) is 4.99 Å². The summed E-state index contributed by atoms with van der Waals surface area (Å²) < 4.78 is 42.9. The van der Waals surface area contributed by atoms with Gasteiger partial charge >= 0.3 is 0 Å². The van der Waals surface area contributed by atoms with Gasteiger partial charge in [-0.3, -0.25) is 0 Å². The maximum Gasteiger partial charge on any atom is 0.208 e. The zero-order chi connectivity index (χ0) is 18.0. The third-order valence-electron chi connectivity index (χ3n) is 2.78. The maximum atomic E-state index is 12.8. The van der Waals surface area contributed by atoms with E-state index in [1.165, 1.54) is 12.1 Å². The molecule has 1 unspecified atom stereocenters. The summed E-state index contributed by atoms with van der Waals surface area (Å²) in [5.74, 6) is 0.839. The molecule has 0 aliphatic heterocycles.